The quantitative estimate of drug-likeness (QED) is 0.821. The Hall–Kier alpha value is -1.11. The van der Waals surface area contributed by atoms with E-state index in [0.29, 0.717) is 18.3 Å². The van der Waals surface area contributed by atoms with Gasteiger partial charge in [-0.15, -0.1) is 0 Å². The number of benzene rings is 1. The van der Waals surface area contributed by atoms with Crippen LogP contribution in [0.15, 0.2) is 29.2 Å². The molecule has 0 spiro atoms. The first kappa shape index (κ1) is 14.3. The lowest BCUT2D eigenvalue weighted by atomic mass is 10.2. The number of methoxy groups -OCH3 is 1. The molecule has 5 nitrogen and oxygen atoms in total. The zero-order valence-corrected chi connectivity index (χ0v) is 11.9. The average Bonchev–Trinajstić information content (AvgIpc) is 2.92. The second kappa shape index (κ2) is 6.36. The summed E-state index contributed by atoms with van der Waals surface area (Å²) in [6.45, 7) is 1.49. The Morgan fingerprint density at radius 1 is 1.47 bits per heavy atom. The van der Waals surface area contributed by atoms with Crippen LogP contribution in [-0.2, 0) is 10.0 Å². The summed E-state index contributed by atoms with van der Waals surface area (Å²) in [6.07, 6.45) is 3.12. The van der Waals surface area contributed by atoms with Gasteiger partial charge in [-0.2, -0.15) is 0 Å². The van der Waals surface area contributed by atoms with Gasteiger partial charge in [0.15, 0.2) is 0 Å². The minimum absolute atomic E-state index is 0.242. The highest BCUT2D eigenvalue weighted by molar-refractivity contribution is 7.89. The predicted octanol–water partition coefficient (Wildman–Crippen LogP) is 1.12. The van der Waals surface area contributed by atoms with Crippen molar-refractivity contribution in [2.24, 2.45) is 0 Å². The van der Waals surface area contributed by atoms with Crippen molar-refractivity contribution in [2.45, 2.75) is 30.2 Å². The van der Waals surface area contributed by atoms with Gasteiger partial charge in [0.05, 0.1) is 12.0 Å². The molecule has 0 radical (unpaired) electrons. The van der Waals surface area contributed by atoms with E-state index >= 15 is 0 Å². The highest BCUT2D eigenvalue weighted by atomic mass is 32.2. The fourth-order valence-electron chi connectivity index (χ4n) is 2.22. The molecule has 0 amide bonds. The minimum atomic E-state index is -3.44. The summed E-state index contributed by atoms with van der Waals surface area (Å²) < 4.78 is 31.8. The van der Waals surface area contributed by atoms with Crippen LogP contribution in [0.5, 0.6) is 5.75 Å². The van der Waals surface area contributed by atoms with E-state index in [1.165, 1.54) is 19.6 Å². The maximum Gasteiger partial charge on any atom is 0.240 e. The maximum atomic E-state index is 12.1. The van der Waals surface area contributed by atoms with E-state index in [1.54, 1.807) is 18.2 Å². The molecule has 0 bridgehead atoms. The van der Waals surface area contributed by atoms with Crippen molar-refractivity contribution in [1.29, 1.82) is 0 Å². The zero-order valence-electron chi connectivity index (χ0n) is 11.1. The number of ether oxygens (including phenoxy) is 1. The average molecular weight is 284 g/mol. The smallest absolute Gasteiger partial charge is 0.240 e. The molecular formula is C13H20N2O3S. The second-order valence-corrected chi connectivity index (χ2v) is 6.43. The Bertz CT molecular complexity index is 510. The third kappa shape index (κ3) is 3.92. The number of rotatable bonds is 6. The van der Waals surface area contributed by atoms with Crippen LogP contribution in [0.1, 0.15) is 19.3 Å². The van der Waals surface area contributed by atoms with Crippen molar-refractivity contribution < 1.29 is 13.2 Å². The molecule has 6 heteroatoms. The Morgan fingerprint density at radius 2 is 2.32 bits per heavy atom. The molecule has 19 heavy (non-hydrogen) atoms. The summed E-state index contributed by atoms with van der Waals surface area (Å²) in [5.74, 6) is 0.542. The molecule has 1 heterocycles. The fraction of sp³-hybridized carbons (Fsp3) is 0.538. The first-order valence-corrected chi connectivity index (χ1v) is 7.97. The Morgan fingerprint density at radius 3 is 3.00 bits per heavy atom. The summed E-state index contributed by atoms with van der Waals surface area (Å²) >= 11 is 0. The molecular weight excluding hydrogens is 264 g/mol. The fourth-order valence-corrected chi connectivity index (χ4v) is 3.30. The summed E-state index contributed by atoms with van der Waals surface area (Å²) in [7, 11) is -1.92. The monoisotopic (exact) mass is 284 g/mol. The van der Waals surface area contributed by atoms with Crippen molar-refractivity contribution in [1.82, 2.24) is 10.0 Å². The summed E-state index contributed by atoms with van der Waals surface area (Å²) in [4.78, 5) is 0.242. The van der Waals surface area contributed by atoms with Crippen LogP contribution >= 0.6 is 0 Å². The van der Waals surface area contributed by atoms with E-state index in [2.05, 4.69) is 10.0 Å². The van der Waals surface area contributed by atoms with Crippen LogP contribution in [0, 0.1) is 0 Å². The first-order chi connectivity index (χ1) is 9.12. The van der Waals surface area contributed by atoms with E-state index < -0.39 is 10.0 Å². The molecule has 2 rings (SSSR count). The van der Waals surface area contributed by atoms with Crippen molar-refractivity contribution >= 4 is 10.0 Å². The van der Waals surface area contributed by atoms with Crippen LogP contribution in [0.3, 0.4) is 0 Å². The van der Waals surface area contributed by atoms with E-state index in [9.17, 15) is 8.42 Å². The van der Waals surface area contributed by atoms with Gasteiger partial charge in [0, 0.05) is 18.7 Å². The predicted molar refractivity (Wildman–Crippen MR) is 73.8 cm³/mol. The van der Waals surface area contributed by atoms with Gasteiger partial charge >= 0.3 is 0 Å². The third-order valence-electron chi connectivity index (χ3n) is 3.30. The van der Waals surface area contributed by atoms with Gasteiger partial charge in [-0.1, -0.05) is 6.07 Å². The first-order valence-electron chi connectivity index (χ1n) is 6.49. The van der Waals surface area contributed by atoms with Crippen molar-refractivity contribution in [2.75, 3.05) is 20.2 Å². The molecule has 1 aromatic carbocycles. The number of sulfonamides is 1. The van der Waals surface area contributed by atoms with Crippen molar-refractivity contribution in [3.05, 3.63) is 24.3 Å². The molecule has 1 fully saturated rings. The third-order valence-corrected chi connectivity index (χ3v) is 4.76. The lowest BCUT2D eigenvalue weighted by molar-refractivity contribution is 0.413. The van der Waals surface area contributed by atoms with Gasteiger partial charge in [0.2, 0.25) is 10.0 Å². The molecule has 0 aromatic heterocycles. The molecule has 1 unspecified atom stereocenters. The number of nitrogens with one attached hydrogen (secondary N) is 2. The Kier molecular flexibility index (Phi) is 4.79. The van der Waals surface area contributed by atoms with Crippen LogP contribution in [0.4, 0.5) is 0 Å². The molecule has 2 N–H and O–H groups in total. The van der Waals surface area contributed by atoms with Gasteiger partial charge in [-0.05, 0) is 37.9 Å². The van der Waals surface area contributed by atoms with Gasteiger partial charge in [-0.25, -0.2) is 13.1 Å². The van der Waals surface area contributed by atoms with E-state index in [0.717, 1.165) is 19.4 Å². The molecule has 1 aliphatic heterocycles. The van der Waals surface area contributed by atoms with E-state index in [-0.39, 0.29) is 4.90 Å². The van der Waals surface area contributed by atoms with Crippen LogP contribution < -0.4 is 14.8 Å². The van der Waals surface area contributed by atoms with Gasteiger partial charge in [0.1, 0.15) is 5.75 Å². The van der Waals surface area contributed by atoms with E-state index in [4.69, 9.17) is 4.74 Å². The van der Waals surface area contributed by atoms with Gasteiger partial charge < -0.3 is 10.1 Å². The summed E-state index contributed by atoms with van der Waals surface area (Å²) in [6, 6.07) is 6.93. The molecule has 0 aliphatic carbocycles. The van der Waals surface area contributed by atoms with Gasteiger partial charge in [0.25, 0.3) is 0 Å². The van der Waals surface area contributed by atoms with Crippen LogP contribution in [0.25, 0.3) is 0 Å². The molecule has 0 saturated carbocycles. The summed E-state index contributed by atoms with van der Waals surface area (Å²) in [5.41, 5.74) is 0. The van der Waals surface area contributed by atoms with Crippen LogP contribution in [-0.4, -0.2) is 34.7 Å². The summed E-state index contributed by atoms with van der Waals surface area (Å²) in [5, 5.41) is 3.35. The normalized spacial score (nSPS) is 19.5. The number of hydrogen-bond donors (Lipinski definition) is 2. The van der Waals surface area contributed by atoms with E-state index in [1.807, 2.05) is 0 Å². The van der Waals surface area contributed by atoms with Gasteiger partial charge in [-0.3, -0.25) is 0 Å². The standard InChI is InChI=1S/C13H20N2O3S/c1-18-12-5-2-6-13(10-12)19(16,17)15-9-7-11-4-3-8-14-11/h2,5-6,10-11,14-15H,3-4,7-9H2,1H3. The Balaban J connectivity index is 1.93. The molecule has 106 valence electrons. The van der Waals surface area contributed by atoms with Crippen LogP contribution in [0.2, 0.25) is 0 Å². The SMILES string of the molecule is COc1cccc(S(=O)(=O)NCCC2CCCN2)c1. The second-order valence-electron chi connectivity index (χ2n) is 4.66. The van der Waals surface area contributed by atoms with Crippen molar-refractivity contribution in [3.8, 4) is 5.75 Å². The largest absolute Gasteiger partial charge is 0.497 e. The molecule has 1 aromatic rings. The highest BCUT2D eigenvalue weighted by Crippen LogP contribution is 2.17. The topological polar surface area (TPSA) is 67.4 Å². The maximum absolute atomic E-state index is 12.1. The minimum Gasteiger partial charge on any atom is -0.497 e. The Labute approximate surface area is 114 Å². The highest BCUT2D eigenvalue weighted by Gasteiger charge is 2.17. The zero-order chi connectivity index (χ0) is 13.7. The lowest BCUT2D eigenvalue weighted by Crippen LogP contribution is -2.30. The molecule has 1 aliphatic rings. The number of hydrogen-bond acceptors (Lipinski definition) is 4. The molecule has 1 saturated heterocycles. The molecule has 1 atom stereocenters. The van der Waals surface area contributed by atoms with Crippen molar-refractivity contribution in [3.63, 3.8) is 0 Å². The lowest BCUT2D eigenvalue weighted by Gasteiger charge is -2.11.